The van der Waals surface area contributed by atoms with Crippen molar-refractivity contribution in [3.63, 3.8) is 0 Å². The van der Waals surface area contributed by atoms with E-state index in [9.17, 15) is 9.59 Å². The lowest BCUT2D eigenvalue weighted by molar-refractivity contribution is -0.142. The molecule has 1 aromatic rings. The molecular weight excluding hydrogens is 270 g/mol. The van der Waals surface area contributed by atoms with Gasteiger partial charge in [0.05, 0.1) is 7.11 Å². The van der Waals surface area contributed by atoms with Crippen LogP contribution in [0.5, 0.6) is 0 Å². The first-order valence-corrected chi connectivity index (χ1v) is 7.01. The van der Waals surface area contributed by atoms with E-state index in [2.05, 4.69) is 10.1 Å². The third kappa shape index (κ3) is 7.31. The summed E-state index contributed by atoms with van der Waals surface area (Å²) in [7, 11) is 1.30. The minimum Gasteiger partial charge on any atom is -0.468 e. The van der Waals surface area contributed by atoms with Crippen LogP contribution in [0.2, 0.25) is 0 Å². The minimum absolute atomic E-state index is 0.174. The van der Waals surface area contributed by atoms with Crippen molar-refractivity contribution in [2.75, 3.05) is 19.4 Å². The highest BCUT2D eigenvalue weighted by atomic mass is 16.5. The molecular formula is C15H25N3O3. The van der Waals surface area contributed by atoms with Crippen molar-refractivity contribution in [1.29, 1.82) is 0 Å². The topological polar surface area (TPSA) is 107 Å². The maximum absolute atomic E-state index is 11.7. The Labute approximate surface area is 125 Å². The highest BCUT2D eigenvalue weighted by Gasteiger charge is 2.13. The number of carbonyl (C=O) groups excluding carboxylic acids is 2. The average Bonchev–Trinajstić information content (AvgIpc) is 2.52. The van der Waals surface area contributed by atoms with Crippen LogP contribution in [0.15, 0.2) is 24.3 Å². The lowest BCUT2D eigenvalue weighted by atomic mass is 10.1. The molecule has 21 heavy (non-hydrogen) atoms. The zero-order valence-electron chi connectivity index (χ0n) is 12.9. The summed E-state index contributed by atoms with van der Waals surface area (Å²) in [6, 6.07) is 6.01. The smallest absolute Gasteiger partial charge is 0.322 e. The van der Waals surface area contributed by atoms with E-state index in [0.29, 0.717) is 30.6 Å². The summed E-state index contributed by atoms with van der Waals surface area (Å²) in [6.45, 7) is 4.45. The Hall–Kier alpha value is -2.08. The van der Waals surface area contributed by atoms with Crippen molar-refractivity contribution >= 4 is 17.6 Å². The molecule has 0 aliphatic heterocycles. The van der Waals surface area contributed by atoms with Crippen molar-refractivity contribution in [3.05, 3.63) is 29.8 Å². The molecule has 118 valence electrons. The number of esters is 1. The highest BCUT2D eigenvalue weighted by Crippen LogP contribution is 2.05. The average molecular weight is 295 g/mol. The van der Waals surface area contributed by atoms with Crippen LogP contribution in [-0.2, 0) is 9.53 Å². The van der Waals surface area contributed by atoms with E-state index in [1.165, 1.54) is 7.11 Å². The van der Waals surface area contributed by atoms with Gasteiger partial charge in [-0.25, -0.2) is 0 Å². The maximum atomic E-state index is 11.7. The lowest BCUT2D eigenvalue weighted by Crippen LogP contribution is -2.33. The summed E-state index contributed by atoms with van der Waals surface area (Å²) in [4.78, 5) is 22.8. The molecule has 0 fully saturated rings. The molecule has 1 aromatic carbocycles. The molecule has 0 aliphatic carbocycles. The Balaban J connectivity index is 0.00000191. The van der Waals surface area contributed by atoms with Gasteiger partial charge in [0, 0.05) is 17.8 Å². The first-order valence-electron chi connectivity index (χ1n) is 7.01. The Kier molecular flexibility index (Phi) is 9.62. The number of nitrogens with two attached hydrogens (primary N) is 2. The summed E-state index contributed by atoms with van der Waals surface area (Å²) in [5.74, 6) is -0.614. The summed E-state index contributed by atoms with van der Waals surface area (Å²) in [5.41, 5.74) is 12.3. The van der Waals surface area contributed by atoms with Crippen molar-refractivity contribution in [1.82, 2.24) is 5.32 Å². The number of nitrogen functional groups attached to an aromatic ring is 1. The summed E-state index contributed by atoms with van der Waals surface area (Å²) >= 11 is 0. The van der Waals surface area contributed by atoms with Crippen LogP contribution in [0.1, 0.15) is 37.0 Å². The van der Waals surface area contributed by atoms with Crippen molar-refractivity contribution in [2.45, 2.75) is 32.7 Å². The van der Waals surface area contributed by atoms with Gasteiger partial charge >= 0.3 is 5.97 Å². The number of benzene rings is 1. The summed E-state index contributed by atoms with van der Waals surface area (Å²) in [5, 5.41) is 2.74. The molecule has 0 radical (unpaired) electrons. The van der Waals surface area contributed by atoms with Gasteiger partial charge in [-0.05, 0) is 37.1 Å². The van der Waals surface area contributed by atoms with Crippen LogP contribution in [0.25, 0.3) is 0 Å². The second kappa shape index (κ2) is 10.7. The number of anilines is 1. The number of hydrogen-bond acceptors (Lipinski definition) is 5. The second-order valence-corrected chi connectivity index (χ2v) is 4.15. The van der Waals surface area contributed by atoms with E-state index in [-0.39, 0.29) is 5.91 Å². The predicted octanol–water partition coefficient (Wildman–Crippen LogP) is 1.31. The molecule has 0 spiro atoms. The first-order chi connectivity index (χ1) is 10.0. The number of amides is 1. The molecule has 6 heteroatoms. The quantitative estimate of drug-likeness (QED) is 0.416. The van der Waals surface area contributed by atoms with Crippen LogP contribution in [0.3, 0.4) is 0 Å². The molecule has 0 heterocycles. The third-order valence-electron chi connectivity index (χ3n) is 2.65. The van der Waals surface area contributed by atoms with Gasteiger partial charge in [-0.2, -0.15) is 0 Å². The Bertz CT molecular complexity index is 432. The van der Waals surface area contributed by atoms with E-state index in [4.69, 9.17) is 11.5 Å². The number of ether oxygens (including phenoxy) is 1. The monoisotopic (exact) mass is 295 g/mol. The normalized spacial score (nSPS) is 10.9. The number of methoxy groups -OCH3 is 1. The van der Waals surface area contributed by atoms with Crippen LogP contribution in [0.4, 0.5) is 5.69 Å². The summed E-state index contributed by atoms with van der Waals surface area (Å²) in [6.07, 6.45) is 1.08. The summed E-state index contributed by atoms with van der Waals surface area (Å²) < 4.78 is 4.51. The number of rotatable bonds is 6. The van der Waals surface area contributed by atoms with Crippen LogP contribution in [0, 0.1) is 0 Å². The minimum atomic E-state index is -0.640. The fourth-order valence-electron chi connectivity index (χ4n) is 1.53. The largest absolute Gasteiger partial charge is 0.468 e. The molecule has 1 atom stereocenters. The Morgan fingerprint density at radius 3 is 2.33 bits per heavy atom. The molecule has 6 nitrogen and oxygen atoms in total. The van der Waals surface area contributed by atoms with Gasteiger partial charge in [0.15, 0.2) is 0 Å². The van der Waals surface area contributed by atoms with Crippen LogP contribution < -0.4 is 16.8 Å². The van der Waals surface area contributed by atoms with E-state index in [0.717, 1.165) is 0 Å². The molecule has 0 aromatic heterocycles. The fraction of sp³-hybridized carbons (Fsp3) is 0.467. The zero-order valence-corrected chi connectivity index (χ0v) is 12.9. The molecule has 0 saturated heterocycles. The van der Waals surface area contributed by atoms with Gasteiger partial charge < -0.3 is 21.5 Å². The van der Waals surface area contributed by atoms with Gasteiger partial charge in [-0.3, -0.25) is 9.59 Å². The Morgan fingerprint density at radius 2 is 1.81 bits per heavy atom. The zero-order chi connectivity index (χ0) is 16.3. The van der Waals surface area contributed by atoms with Crippen molar-refractivity contribution < 1.29 is 14.3 Å². The molecule has 0 saturated carbocycles. The van der Waals surface area contributed by atoms with Gasteiger partial charge in [-0.1, -0.05) is 13.8 Å². The first kappa shape index (κ1) is 18.9. The lowest BCUT2D eigenvalue weighted by Gasteiger charge is -2.09. The van der Waals surface area contributed by atoms with Crippen molar-refractivity contribution in [3.8, 4) is 0 Å². The maximum Gasteiger partial charge on any atom is 0.322 e. The predicted molar refractivity (Wildman–Crippen MR) is 83.8 cm³/mol. The molecule has 5 N–H and O–H groups in total. The second-order valence-electron chi connectivity index (χ2n) is 4.15. The van der Waals surface area contributed by atoms with E-state index >= 15 is 0 Å². The van der Waals surface area contributed by atoms with Gasteiger partial charge in [-0.15, -0.1) is 0 Å². The number of hydrogen-bond donors (Lipinski definition) is 3. The van der Waals surface area contributed by atoms with Gasteiger partial charge in [0.25, 0.3) is 5.91 Å². The molecule has 1 unspecified atom stereocenters. The van der Waals surface area contributed by atoms with Gasteiger partial charge in [0.2, 0.25) is 0 Å². The molecule has 1 amide bonds. The van der Waals surface area contributed by atoms with E-state index in [1.54, 1.807) is 24.3 Å². The van der Waals surface area contributed by atoms with E-state index in [1.807, 2.05) is 13.8 Å². The molecule has 1 rings (SSSR count). The Morgan fingerprint density at radius 1 is 1.24 bits per heavy atom. The fourth-order valence-corrected chi connectivity index (χ4v) is 1.53. The van der Waals surface area contributed by atoms with Crippen LogP contribution in [-0.4, -0.2) is 31.6 Å². The standard InChI is InChI=1S/C13H19N3O3.C2H6/c1-19-13(18)11(15)3-2-8-16-12(17)9-4-6-10(14)7-5-9;1-2/h4-7,11H,2-3,8,14-15H2,1H3,(H,16,17);1-2H3. The van der Waals surface area contributed by atoms with E-state index < -0.39 is 12.0 Å². The highest BCUT2D eigenvalue weighted by molar-refractivity contribution is 5.94. The SMILES string of the molecule is CC.COC(=O)C(N)CCCNC(=O)c1ccc(N)cc1. The number of nitrogens with one attached hydrogen (secondary N) is 1. The van der Waals surface area contributed by atoms with Crippen LogP contribution >= 0.6 is 0 Å². The molecule has 0 bridgehead atoms. The third-order valence-corrected chi connectivity index (χ3v) is 2.65. The molecule has 0 aliphatic rings. The van der Waals surface area contributed by atoms with Gasteiger partial charge in [0.1, 0.15) is 6.04 Å². The number of carbonyl (C=O) groups is 2. The van der Waals surface area contributed by atoms with Crippen molar-refractivity contribution in [2.24, 2.45) is 5.73 Å².